The lowest BCUT2D eigenvalue weighted by atomic mass is 9.44. The van der Waals surface area contributed by atoms with E-state index in [2.05, 4.69) is 13.8 Å². The fourth-order valence-corrected chi connectivity index (χ4v) is 7.25. The van der Waals surface area contributed by atoms with E-state index in [1.54, 1.807) is 0 Å². The Kier molecular flexibility index (Phi) is 2.89. The van der Waals surface area contributed by atoms with E-state index in [-0.39, 0.29) is 11.0 Å². The minimum absolute atomic E-state index is 0.242. The third-order valence-corrected chi connectivity index (χ3v) is 8.56. The quantitative estimate of drug-likeness (QED) is 0.665. The lowest BCUT2D eigenvalue weighted by Crippen LogP contribution is -2.60. The van der Waals surface area contributed by atoms with Crippen LogP contribution in [0.3, 0.4) is 0 Å². The molecule has 0 bridgehead atoms. The zero-order chi connectivity index (χ0) is 14.0. The second kappa shape index (κ2) is 4.24. The Labute approximate surface area is 124 Å². The normalized spacial score (nSPS) is 58.6. The molecule has 0 amide bonds. The smallest absolute Gasteiger partial charge is 0.0731 e. The summed E-state index contributed by atoms with van der Waals surface area (Å²) in [5.41, 5.74) is 0.480. The number of fused-ring (bicyclic) bond motifs is 5. The molecule has 4 fully saturated rings. The molecule has 1 heteroatoms. The minimum Gasteiger partial charge on any atom is -0.389 e. The van der Waals surface area contributed by atoms with E-state index in [1.165, 1.54) is 64.2 Å². The summed E-state index contributed by atoms with van der Waals surface area (Å²) in [5, 5.41) is 11.6. The summed E-state index contributed by atoms with van der Waals surface area (Å²) in [6.07, 6.45) is 14.8. The van der Waals surface area contributed by atoms with E-state index in [9.17, 15) is 5.11 Å². The van der Waals surface area contributed by atoms with Gasteiger partial charge < -0.3 is 5.11 Å². The van der Waals surface area contributed by atoms with E-state index in [0.29, 0.717) is 11.3 Å². The largest absolute Gasteiger partial charge is 0.389 e. The van der Waals surface area contributed by atoms with Gasteiger partial charge in [-0.15, -0.1) is 0 Å². The Morgan fingerprint density at radius 1 is 0.750 bits per heavy atom. The molecule has 0 saturated heterocycles. The summed E-state index contributed by atoms with van der Waals surface area (Å²) in [4.78, 5) is 0. The zero-order valence-corrected chi connectivity index (χ0v) is 13.5. The molecule has 114 valence electrons. The van der Waals surface area contributed by atoms with E-state index < -0.39 is 0 Å². The highest BCUT2D eigenvalue weighted by molar-refractivity contribution is 5.14. The first kappa shape index (κ1) is 13.6. The second-order valence-electron chi connectivity index (χ2n) is 9.12. The maximum atomic E-state index is 11.6. The third-order valence-electron chi connectivity index (χ3n) is 8.56. The summed E-state index contributed by atoms with van der Waals surface area (Å²) in [6, 6.07) is 0. The zero-order valence-electron chi connectivity index (χ0n) is 13.5. The Morgan fingerprint density at radius 2 is 1.60 bits per heavy atom. The Bertz CT molecular complexity index is 405. The standard InChI is InChI=1S/C19H32O/c1-17-10-5-12-19(17,20)16-8-7-14-6-3-4-11-18(14,2)15(16)9-13-17/h14-16,20H,3-13H2,1-2H3/t14?,15-,16+,17-,18-,19+/m0/s1. The maximum Gasteiger partial charge on any atom is 0.0731 e. The molecule has 1 nitrogen and oxygen atoms in total. The fraction of sp³-hybridized carbons (Fsp3) is 1.00. The van der Waals surface area contributed by atoms with Gasteiger partial charge in [0.1, 0.15) is 0 Å². The third kappa shape index (κ3) is 1.54. The van der Waals surface area contributed by atoms with Gasteiger partial charge in [0.05, 0.1) is 5.60 Å². The first-order valence-corrected chi connectivity index (χ1v) is 9.22. The number of aliphatic hydroxyl groups is 1. The molecule has 6 atom stereocenters. The lowest BCUT2D eigenvalue weighted by Gasteiger charge is -2.62. The average molecular weight is 276 g/mol. The predicted molar refractivity (Wildman–Crippen MR) is 82.4 cm³/mol. The van der Waals surface area contributed by atoms with Gasteiger partial charge in [-0.2, -0.15) is 0 Å². The molecular formula is C19H32O. The van der Waals surface area contributed by atoms with Gasteiger partial charge in [0.25, 0.3) is 0 Å². The highest BCUT2D eigenvalue weighted by atomic mass is 16.3. The lowest BCUT2D eigenvalue weighted by molar-refractivity contribution is -0.197. The molecule has 20 heavy (non-hydrogen) atoms. The molecule has 0 aromatic heterocycles. The van der Waals surface area contributed by atoms with Crippen molar-refractivity contribution in [2.45, 2.75) is 90.1 Å². The van der Waals surface area contributed by atoms with Crippen LogP contribution in [0.5, 0.6) is 0 Å². The molecule has 4 rings (SSSR count). The van der Waals surface area contributed by atoms with Crippen molar-refractivity contribution in [1.82, 2.24) is 0 Å². The number of rotatable bonds is 0. The van der Waals surface area contributed by atoms with Gasteiger partial charge in [-0.1, -0.05) is 26.7 Å². The van der Waals surface area contributed by atoms with Gasteiger partial charge in [0.15, 0.2) is 0 Å². The SMILES string of the molecule is C[C@@]12CCC[C@@]1(O)[C@@H]1CCC3CCCC[C@]3(C)[C@H]1CC2. The van der Waals surface area contributed by atoms with Gasteiger partial charge in [0.2, 0.25) is 0 Å². The van der Waals surface area contributed by atoms with Crippen molar-refractivity contribution in [2.24, 2.45) is 28.6 Å². The second-order valence-corrected chi connectivity index (χ2v) is 9.12. The van der Waals surface area contributed by atoms with Gasteiger partial charge in [0, 0.05) is 0 Å². The number of hydrogen-bond donors (Lipinski definition) is 1. The van der Waals surface area contributed by atoms with Crippen LogP contribution >= 0.6 is 0 Å². The van der Waals surface area contributed by atoms with E-state index in [1.807, 2.05) is 0 Å². The summed E-state index contributed by atoms with van der Waals surface area (Å²) in [5.74, 6) is 2.40. The minimum atomic E-state index is -0.318. The maximum absolute atomic E-state index is 11.6. The van der Waals surface area contributed by atoms with Gasteiger partial charge in [-0.25, -0.2) is 0 Å². The monoisotopic (exact) mass is 276 g/mol. The molecule has 0 spiro atoms. The van der Waals surface area contributed by atoms with Crippen LogP contribution in [0.25, 0.3) is 0 Å². The van der Waals surface area contributed by atoms with Crippen LogP contribution in [-0.2, 0) is 0 Å². The molecule has 0 aromatic rings. The van der Waals surface area contributed by atoms with Crippen LogP contribution in [0, 0.1) is 28.6 Å². The van der Waals surface area contributed by atoms with Crippen LogP contribution in [0.1, 0.15) is 84.5 Å². The van der Waals surface area contributed by atoms with Gasteiger partial charge in [-0.3, -0.25) is 0 Å². The number of hydrogen-bond acceptors (Lipinski definition) is 1. The van der Waals surface area contributed by atoms with Crippen molar-refractivity contribution >= 4 is 0 Å². The van der Waals surface area contributed by atoms with Gasteiger partial charge >= 0.3 is 0 Å². The Balaban J connectivity index is 1.70. The fourth-order valence-electron chi connectivity index (χ4n) is 7.25. The van der Waals surface area contributed by atoms with E-state index in [0.717, 1.165) is 18.3 Å². The molecule has 1 unspecified atom stereocenters. The first-order chi connectivity index (χ1) is 9.50. The Morgan fingerprint density at radius 3 is 2.45 bits per heavy atom. The highest BCUT2D eigenvalue weighted by Gasteiger charge is 2.63. The van der Waals surface area contributed by atoms with Crippen LogP contribution in [-0.4, -0.2) is 10.7 Å². The molecule has 0 aliphatic heterocycles. The summed E-state index contributed by atoms with van der Waals surface area (Å²) >= 11 is 0. The van der Waals surface area contributed by atoms with Crippen molar-refractivity contribution in [3.8, 4) is 0 Å². The highest BCUT2D eigenvalue weighted by Crippen LogP contribution is 2.67. The Hall–Kier alpha value is -0.0400. The van der Waals surface area contributed by atoms with Crippen molar-refractivity contribution in [3.63, 3.8) is 0 Å². The first-order valence-electron chi connectivity index (χ1n) is 9.22. The summed E-state index contributed by atoms with van der Waals surface area (Å²) in [7, 11) is 0. The molecular weight excluding hydrogens is 244 g/mol. The molecule has 0 radical (unpaired) electrons. The molecule has 0 aromatic carbocycles. The van der Waals surface area contributed by atoms with Crippen LogP contribution < -0.4 is 0 Å². The van der Waals surface area contributed by atoms with Crippen molar-refractivity contribution < 1.29 is 5.11 Å². The predicted octanol–water partition coefficient (Wildman–Crippen LogP) is 4.92. The molecule has 4 aliphatic rings. The van der Waals surface area contributed by atoms with Crippen molar-refractivity contribution in [1.29, 1.82) is 0 Å². The molecule has 0 heterocycles. The molecule has 4 aliphatic carbocycles. The topological polar surface area (TPSA) is 20.2 Å². The van der Waals surface area contributed by atoms with Crippen LogP contribution in [0.4, 0.5) is 0 Å². The van der Waals surface area contributed by atoms with Crippen molar-refractivity contribution in [2.75, 3.05) is 0 Å². The summed E-state index contributed by atoms with van der Waals surface area (Å²) < 4.78 is 0. The van der Waals surface area contributed by atoms with Crippen LogP contribution in [0.2, 0.25) is 0 Å². The van der Waals surface area contributed by atoms with E-state index >= 15 is 0 Å². The van der Waals surface area contributed by atoms with Crippen LogP contribution in [0.15, 0.2) is 0 Å². The molecule has 4 saturated carbocycles. The van der Waals surface area contributed by atoms with Gasteiger partial charge in [-0.05, 0) is 86.4 Å². The average Bonchev–Trinajstić information content (AvgIpc) is 2.74. The van der Waals surface area contributed by atoms with Crippen molar-refractivity contribution in [3.05, 3.63) is 0 Å². The summed E-state index contributed by atoms with van der Waals surface area (Å²) in [6.45, 7) is 4.99. The molecule has 1 N–H and O–H groups in total. The van der Waals surface area contributed by atoms with E-state index in [4.69, 9.17) is 0 Å².